The first kappa shape index (κ1) is 25.6. The predicted octanol–water partition coefficient (Wildman–Crippen LogP) is 5.76. The molecular formula is C18H8Br2ClF7N3O2-. The number of halogens is 10. The first-order chi connectivity index (χ1) is 15.1. The topological polar surface area (TPSA) is 62.9 Å². The Morgan fingerprint density at radius 3 is 2.18 bits per heavy atom. The van der Waals surface area contributed by atoms with Gasteiger partial charge in [0.05, 0.1) is 27.8 Å². The van der Waals surface area contributed by atoms with E-state index in [1.54, 1.807) is 0 Å². The van der Waals surface area contributed by atoms with Gasteiger partial charge in [0.15, 0.2) is 0 Å². The quantitative estimate of drug-likeness (QED) is 0.267. The minimum atomic E-state index is -6.31. The van der Waals surface area contributed by atoms with Crippen molar-refractivity contribution in [2.75, 3.05) is 0 Å². The molecule has 0 radical (unpaired) electrons. The summed E-state index contributed by atoms with van der Waals surface area (Å²) in [6.07, 6.45) is -10.2. The Bertz CT molecular complexity index is 1210. The Balaban J connectivity index is 2.18. The van der Waals surface area contributed by atoms with Crippen molar-refractivity contribution in [2.45, 2.75) is 23.5 Å². The van der Waals surface area contributed by atoms with E-state index in [1.165, 1.54) is 24.5 Å². The van der Waals surface area contributed by atoms with Crippen LogP contribution in [0.1, 0.15) is 16.1 Å². The van der Waals surface area contributed by atoms with Gasteiger partial charge in [-0.25, -0.2) is 9.07 Å². The summed E-state index contributed by atoms with van der Waals surface area (Å²) in [7, 11) is 0. The molecule has 5 nitrogen and oxygen atoms in total. The Morgan fingerprint density at radius 2 is 1.67 bits per heavy atom. The smallest absolute Gasteiger partial charge is 0.437 e. The van der Waals surface area contributed by atoms with E-state index in [0.29, 0.717) is 10.6 Å². The molecule has 0 aliphatic heterocycles. The fourth-order valence-corrected chi connectivity index (χ4v) is 4.36. The van der Waals surface area contributed by atoms with E-state index < -0.39 is 35.1 Å². The second-order valence-corrected chi connectivity index (χ2v) is 8.32. The number of hydrogen-bond donors (Lipinski definition) is 0. The molecule has 2 heterocycles. The lowest BCUT2D eigenvalue weighted by atomic mass is 10.0. The lowest BCUT2D eigenvalue weighted by Crippen LogP contribution is -2.51. The molecule has 0 saturated heterocycles. The van der Waals surface area contributed by atoms with Crippen LogP contribution >= 0.6 is 43.5 Å². The van der Waals surface area contributed by atoms with E-state index in [4.69, 9.17) is 11.6 Å². The largest absolute Gasteiger partial charge is 0.545 e. The standard InChI is InChI=1S/C18H9Br2ClF7N3O2/c19-7-30-13(16(22,17(23,24)25)18(26,27)28)4-11(20)14(30)31-6-9(5-29-31)8-1-2-12(21)10(3-8)15(32)33/h1-6H,7H2,(H,32,33)/p-1. The SMILES string of the molecule is O=C([O-])c1cc(-c2cnn(-c3c(Br)cc(C(F)(C(F)(F)F)C(F)(F)F)n3CBr)c2)ccc1Cl. The zero-order valence-electron chi connectivity index (χ0n) is 15.6. The molecular weight excluding hydrogens is 618 g/mol. The highest BCUT2D eigenvalue weighted by atomic mass is 79.9. The maximum atomic E-state index is 14.7. The number of alkyl halides is 8. The molecule has 33 heavy (non-hydrogen) atoms. The second-order valence-electron chi connectivity index (χ2n) is 6.56. The Morgan fingerprint density at radius 1 is 1.06 bits per heavy atom. The molecule has 0 aliphatic carbocycles. The molecule has 0 fully saturated rings. The number of nitrogens with zero attached hydrogens (tertiary/aromatic N) is 3. The lowest BCUT2D eigenvalue weighted by Gasteiger charge is -2.30. The summed E-state index contributed by atoms with van der Waals surface area (Å²) in [6, 6.07) is 4.21. The van der Waals surface area contributed by atoms with Crippen molar-refractivity contribution >= 4 is 49.4 Å². The molecule has 0 spiro atoms. The van der Waals surface area contributed by atoms with Crippen LogP contribution < -0.4 is 5.11 Å². The maximum absolute atomic E-state index is 14.7. The van der Waals surface area contributed by atoms with Crippen molar-refractivity contribution in [3.05, 3.63) is 57.4 Å². The summed E-state index contributed by atoms with van der Waals surface area (Å²) >= 11 is 11.4. The molecule has 3 aromatic rings. The first-order valence-electron chi connectivity index (χ1n) is 8.47. The van der Waals surface area contributed by atoms with Gasteiger partial charge in [0.25, 0.3) is 0 Å². The summed E-state index contributed by atoms with van der Waals surface area (Å²) < 4.78 is 95.4. The van der Waals surface area contributed by atoms with E-state index in [9.17, 15) is 40.6 Å². The lowest BCUT2D eigenvalue weighted by molar-refractivity contribution is -0.350. The summed E-state index contributed by atoms with van der Waals surface area (Å²) in [5.74, 6) is -1.91. The van der Waals surface area contributed by atoms with Crippen molar-refractivity contribution < 1.29 is 40.6 Å². The number of aromatic carboxylic acids is 1. The van der Waals surface area contributed by atoms with E-state index in [2.05, 4.69) is 37.0 Å². The van der Waals surface area contributed by atoms with Gasteiger partial charge in [-0.15, -0.1) is 0 Å². The number of carboxylic acids is 1. The minimum absolute atomic E-state index is 0.106. The van der Waals surface area contributed by atoms with Crippen LogP contribution in [0.25, 0.3) is 16.9 Å². The minimum Gasteiger partial charge on any atom is -0.545 e. The third-order valence-electron chi connectivity index (χ3n) is 4.60. The zero-order valence-corrected chi connectivity index (χ0v) is 19.5. The van der Waals surface area contributed by atoms with E-state index in [-0.39, 0.29) is 32.0 Å². The predicted molar refractivity (Wildman–Crippen MR) is 108 cm³/mol. The van der Waals surface area contributed by atoms with Gasteiger partial charge >= 0.3 is 18.0 Å². The van der Waals surface area contributed by atoms with Crippen LogP contribution in [-0.2, 0) is 11.1 Å². The van der Waals surface area contributed by atoms with Gasteiger partial charge in [0, 0.05) is 22.3 Å². The van der Waals surface area contributed by atoms with Gasteiger partial charge in [-0.05, 0) is 39.7 Å². The van der Waals surface area contributed by atoms with Gasteiger partial charge in [-0.1, -0.05) is 33.6 Å². The molecule has 0 saturated carbocycles. The first-order valence-corrected chi connectivity index (χ1v) is 10.8. The van der Waals surface area contributed by atoms with E-state index >= 15 is 0 Å². The molecule has 0 bridgehead atoms. The van der Waals surface area contributed by atoms with Gasteiger partial charge in [-0.3, -0.25) is 0 Å². The van der Waals surface area contributed by atoms with Crippen molar-refractivity contribution in [1.29, 1.82) is 0 Å². The number of aromatic nitrogens is 3. The summed E-state index contributed by atoms with van der Waals surface area (Å²) in [5, 5.41) is 15.0. The van der Waals surface area contributed by atoms with Crippen molar-refractivity contribution in [1.82, 2.24) is 14.3 Å². The molecule has 15 heteroatoms. The number of carbonyl (C=O) groups excluding carboxylic acids is 1. The van der Waals surface area contributed by atoms with Crippen molar-refractivity contribution in [2.24, 2.45) is 0 Å². The summed E-state index contributed by atoms with van der Waals surface area (Å²) in [5.41, 5.74) is -7.86. The summed E-state index contributed by atoms with van der Waals surface area (Å²) in [6.45, 7) is 0. The average molecular weight is 627 g/mol. The van der Waals surface area contributed by atoms with Crippen LogP contribution in [0.5, 0.6) is 0 Å². The van der Waals surface area contributed by atoms with Crippen molar-refractivity contribution in [3.63, 3.8) is 0 Å². The number of carbonyl (C=O) groups is 1. The van der Waals surface area contributed by atoms with Crippen LogP contribution in [0.3, 0.4) is 0 Å². The van der Waals surface area contributed by atoms with Gasteiger partial charge in [0.2, 0.25) is 0 Å². The molecule has 0 unspecified atom stereocenters. The molecule has 0 amide bonds. The number of hydrogen-bond acceptors (Lipinski definition) is 3. The Kier molecular flexibility index (Phi) is 6.68. The highest BCUT2D eigenvalue weighted by Gasteiger charge is 2.75. The van der Waals surface area contributed by atoms with E-state index in [1.807, 2.05) is 0 Å². The molecule has 2 aromatic heterocycles. The van der Waals surface area contributed by atoms with Crippen LogP contribution in [0.2, 0.25) is 5.02 Å². The highest BCUT2D eigenvalue weighted by molar-refractivity contribution is 9.10. The molecule has 3 rings (SSSR count). The number of carboxylic acid groups (broad SMARTS) is 1. The Hall–Kier alpha value is -2.06. The van der Waals surface area contributed by atoms with Crippen LogP contribution in [-0.4, -0.2) is 32.7 Å². The van der Waals surface area contributed by atoms with E-state index in [0.717, 1.165) is 10.7 Å². The third kappa shape index (κ3) is 4.28. The molecule has 1 aromatic carbocycles. The molecule has 0 aliphatic rings. The molecule has 0 atom stereocenters. The van der Waals surface area contributed by atoms with Crippen LogP contribution in [0, 0.1) is 0 Å². The number of benzene rings is 1. The average Bonchev–Trinajstić information content (AvgIpc) is 3.29. The normalized spacial score (nSPS) is 12.9. The van der Waals surface area contributed by atoms with Crippen molar-refractivity contribution in [3.8, 4) is 16.9 Å². The highest BCUT2D eigenvalue weighted by Crippen LogP contribution is 2.54. The monoisotopic (exact) mass is 624 g/mol. The zero-order chi connectivity index (χ0) is 24.9. The Labute approximate surface area is 202 Å². The van der Waals surface area contributed by atoms with Crippen LogP contribution in [0.4, 0.5) is 30.7 Å². The third-order valence-corrected chi connectivity index (χ3v) is 6.01. The summed E-state index contributed by atoms with van der Waals surface area (Å²) in [4.78, 5) is 11.2. The number of rotatable bonds is 5. The fraction of sp³-hybridized carbons (Fsp3) is 0.222. The van der Waals surface area contributed by atoms with Crippen LogP contribution in [0.15, 0.2) is 41.1 Å². The van der Waals surface area contributed by atoms with Gasteiger partial charge in [-0.2, -0.15) is 31.4 Å². The van der Waals surface area contributed by atoms with Gasteiger partial charge in [0.1, 0.15) is 5.82 Å². The second kappa shape index (κ2) is 8.62. The maximum Gasteiger partial charge on any atom is 0.437 e. The molecule has 0 N–H and O–H groups in total. The fourth-order valence-electron chi connectivity index (χ4n) is 3.05. The van der Waals surface area contributed by atoms with Gasteiger partial charge < -0.3 is 14.5 Å². The molecule has 178 valence electrons.